The molecule has 7 nitrogen and oxygen atoms in total. The largest absolute Gasteiger partial charge is 0.493 e. The fourth-order valence-corrected chi connectivity index (χ4v) is 4.34. The molecule has 1 aromatic carbocycles. The van der Waals surface area contributed by atoms with Crippen molar-refractivity contribution in [2.24, 2.45) is 0 Å². The van der Waals surface area contributed by atoms with E-state index in [1.165, 1.54) is 11.1 Å². The van der Waals surface area contributed by atoms with Crippen molar-refractivity contribution in [3.05, 3.63) is 35.2 Å². The lowest BCUT2D eigenvalue weighted by Crippen LogP contribution is -2.47. The molecule has 5 rings (SSSR count). The quantitative estimate of drug-likeness (QED) is 0.819. The predicted octanol–water partition coefficient (Wildman–Crippen LogP) is 1.54. The first-order valence-electron chi connectivity index (χ1n) is 10.0. The Balaban J connectivity index is 1.24. The van der Waals surface area contributed by atoms with Crippen LogP contribution in [-0.2, 0) is 19.5 Å². The number of hydrogen-bond acceptors (Lipinski definition) is 6. The number of fused-ring (bicyclic) bond motifs is 2. The Morgan fingerprint density at radius 1 is 1.07 bits per heavy atom. The molecule has 0 spiro atoms. The van der Waals surface area contributed by atoms with Crippen molar-refractivity contribution in [1.29, 1.82) is 0 Å². The minimum atomic E-state index is 0.401. The molecule has 0 unspecified atom stereocenters. The molecule has 0 saturated carbocycles. The number of ether oxygens (including phenoxy) is 1. The molecular weight excluding hydrogens is 340 g/mol. The van der Waals surface area contributed by atoms with Crippen molar-refractivity contribution in [2.75, 3.05) is 51.3 Å². The highest BCUT2D eigenvalue weighted by Gasteiger charge is 2.26. The minimum Gasteiger partial charge on any atom is -0.493 e. The number of hydrogen-bond donors (Lipinski definition) is 0. The second-order valence-corrected chi connectivity index (χ2v) is 7.95. The first-order valence-corrected chi connectivity index (χ1v) is 10.0. The molecule has 4 heterocycles. The van der Waals surface area contributed by atoms with Crippen LogP contribution >= 0.6 is 0 Å². The topological polar surface area (TPSA) is 49.7 Å². The van der Waals surface area contributed by atoms with Gasteiger partial charge in [-0.2, -0.15) is 4.98 Å². The zero-order chi connectivity index (χ0) is 18.4. The first kappa shape index (κ1) is 17.0. The summed E-state index contributed by atoms with van der Waals surface area (Å²) in [5.41, 5.74) is 2.69. The molecule has 3 aliphatic heterocycles. The average molecular weight is 368 g/mol. The van der Waals surface area contributed by atoms with Crippen LogP contribution in [0.1, 0.15) is 29.9 Å². The number of nitrogens with zero attached hydrogens (tertiary/aromatic N) is 6. The molecule has 1 fully saturated rings. The number of rotatable bonds is 3. The van der Waals surface area contributed by atoms with Gasteiger partial charge in [-0.1, -0.05) is 12.1 Å². The Bertz CT molecular complexity index is 826. The summed E-state index contributed by atoms with van der Waals surface area (Å²) >= 11 is 0. The summed E-state index contributed by atoms with van der Waals surface area (Å²) in [7, 11) is 2.14. The zero-order valence-electron chi connectivity index (χ0n) is 16.3. The summed E-state index contributed by atoms with van der Waals surface area (Å²) in [5, 5.41) is 4.75. The molecule has 1 saturated heterocycles. The van der Waals surface area contributed by atoms with E-state index in [4.69, 9.17) is 14.8 Å². The molecule has 7 heteroatoms. The molecule has 0 bridgehead atoms. The van der Waals surface area contributed by atoms with Crippen LogP contribution in [0, 0.1) is 0 Å². The highest BCUT2D eigenvalue weighted by Crippen LogP contribution is 2.31. The highest BCUT2D eigenvalue weighted by molar-refractivity contribution is 5.41. The minimum absolute atomic E-state index is 0.401. The van der Waals surface area contributed by atoms with Gasteiger partial charge in [-0.15, -0.1) is 5.10 Å². The first-order chi connectivity index (χ1) is 13.2. The van der Waals surface area contributed by atoms with E-state index >= 15 is 0 Å². The van der Waals surface area contributed by atoms with Crippen molar-refractivity contribution in [3.8, 4) is 5.75 Å². The SMILES string of the molecule is C[C@@H](c1ccc2c(c1)OCC2)N1CCN(c2nc3n(n2)CCN(C)C3)CC1. The monoisotopic (exact) mass is 368 g/mol. The van der Waals surface area contributed by atoms with Crippen molar-refractivity contribution in [2.45, 2.75) is 32.5 Å². The van der Waals surface area contributed by atoms with Crippen LogP contribution < -0.4 is 9.64 Å². The van der Waals surface area contributed by atoms with Gasteiger partial charge in [-0.05, 0) is 31.2 Å². The molecule has 0 amide bonds. The second kappa shape index (κ2) is 6.80. The van der Waals surface area contributed by atoms with Crippen molar-refractivity contribution >= 4 is 5.95 Å². The Hall–Kier alpha value is -2.12. The molecule has 3 aliphatic rings. The predicted molar refractivity (Wildman–Crippen MR) is 104 cm³/mol. The Morgan fingerprint density at radius 3 is 2.78 bits per heavy atom. The lowest BCUT2D eigenvalue weighted by molar-refractivity contribution is 0.197. The number of piperazine rings is 1. The maximum Gasteiger partial charge on any atom is 0.245 e. The van der Waals surface area contributed by atoms with E-state index in [1.54, 1.807) is 0 Å². The highest BCUT2D eigenvalue weighted by atomic mass is 16.5. The summed E-state index contributed by atoms with van der Waals surface area (Å²) in [6, 6.07) is 7.15. The average Bonchev–Trinajstić information content (AvgIpc) is 3.33. The molecule has 0 aliphatic carbocycles. The number of aromatic nitrogens is 3. The zero-order valence-corrected chi connectivity index (χ0v) is 16.3. The summed E-state index contributed by atoms with van der Waals surface area (Å²) in [5.74, 6) is 3.07. The Morgan fingerprint density at radius 2 is 1.93 bits per heavy atom. The van der Waals surface area contributed by atoms with Crippen LogP contribution in [0.25, 0.3) is 0 Å². The van der Waals surface area contributed by atoms with Crippen LogP contribution in [0.3, 0.4) is 0 Å². The van der Waals surface area contributed by atoms with E-state index in [0.717, 1.165) is 76.4 Å². The van der Waals surface area contributed by atoms with Gasteiger partial charge in [0.15, 0.2) is 0 Å². The van der Waals surface area contributed by atoms with Gasteiger partial charge in [0, 0.05) is 45.2 Å². The van der Waals surface area contributed by atoms with Crippen LogP contribution in [0.15, 0.2) is 18.2 Å². The summed E-state index contributed by atoms with van der Waals surface area (Å²) in [6.07, 6.45) is 1.04. The van der Waals surface area contributed by atoms with Gasteiger partial charge in [0.05, 0.1) is 19.7 Å². The van der Waals surface area contributed by atoms with Gasteiger partial charge in [0.25, 0.3) is 0 Å². The van der Waals surface area contributed by atoms with Crippen molar-refractivity contribution < 1.29 is 4.74 Å². The van der Waals surface area contributed by atoms with Gasteiger partial charge in [-0.25, -0.2) is 4.68 Å². The maximum atomic E-state index is 5.75. The van der Waals surface area contributed by atoms with Gasteiger partial charge < -0.3 is 9.64 Å². The molecule has 2 aromatic rings. The van der Waals surface area contributed by atoms with E-state index < -0.39 is 0 Å². The van der Waals surface area contributed by atoms with Crippen LogP contribution in [0.4, 0.5) is 5.95 Å². The van der Waals surface area contributed by atoms with Crippen molar-refractivity contribution in [3.63, 3.8) is 0 Å². The van der Waals surface area contributed by atoms with Gasteiger partial charge in [0.2, 0.25) is 5.95 Å². The summed E-state index contributed by atoms with van der Waals surface area (Å²) in [6.45, 7) is 10.0. The smallest absolute Gasteiger partial charge is 0.245 e. The molecule has 144 valence electrons. The second-order valence-electron chi connectivity index (χ2n) is 7.95. The normalized spacial score (nSPS) is 21.6. The maximum absolute atomic E-state index is 5.75. The number of anilines is 1. The number of likely N-dealkylation sites (N-methyl/N-ethyl adjacent to an activating group) is 1. The van der Waals surface area contributed by atoms with Crippen LogP contribution in [0.2, 0.25) is 0 Å². The third-order valence-corrected chi connectivity index (χ3v) is 6.19. The fraction of sp³-hybridized carbons (Fsp3) is 0.600. The van der Waals surface area contributed by atoms with E-state index in [9.17, 15) is 0 Å². The van der Waals surface area contributed by atoms with Crippen LogP contribution in [-0.4, -0.2) is 70.9 Å². The van der Waals surface area contributed by atoms with Gasteiger partial charge in [0.1, 0.15) is 11.6 Å². The van der Waals surface area contributed by atoms with E-state index in [2.05, 4.69) is 51.6 Å². The van der Waals surface area contributed by atoms with E-state index in [1.807, 2.05) is 0 Å². The van der Waals surface area contributed by atoms with E-state index in [-0.39, 0.29) is 0 Å². The standard InChI is InChI=1S/C20H28N6O/c1-15(17-4-3-16-5-12-27-18(16)13-17)24-7-9-25(10-8-24)20-21-19-14-23(2)6-11-26(19)22-20/h3-4,13,15H,5-12,14H2,1-2H3/t15-/m0/s1. The lowest BCUT2D eigenvalue weighted by atomic mass is 10.0. The molecule has 1 atom stereocenters. The van der Waals surface area contributed by atoms with Crippen molar-refractivity contribution in [1.82, 2.24) is 24.6 Å². The van der Waals surface area contributed by atoms with E-state index in [0.29, 0.717) is 6.04 Å². The van der Waals surface area contributed by atoms with Crippen LogP contribution in [0.5, 0.6) is 5.75 Å². The van der Waals surface area contributed by atoms with Gasteiger partial charge in [-0.3, -0.25) is 9.80 Å². The molecular formula is C20H28N6O. The third kappa shape index (κ3) is 3.19. The summed E-state index contributed by atoms with van der Waals surface area (Å²) in [4.78, 5) is 12.0. The third-order valence-electron chi connectivity index (χ3n) is 6.19. The molecule has 0 N–H and O–H groups in total. The summed E-state index contributed by atoms with van der Waals surface area (Å²) < 4.78 is 7.83. The molecule has 0 radical (unpaired) electrons. The Kier molecular flexibility index (Phi) is 4.28. The lowest BCUT2D eigenvalue weighted by Gasteiger charge is -2.37. The number of benzene rings is 1. The molecule has 1 aromatic heterocycles. The fourth-order valence-electron chi connectivity index (χ4n) is 4.34. The van der Waals surface area contributed by atoms with Gasteiger partial charge >= 0.3 is 0 Å². The molecule has 27 heavy (non-hydrogen) atoms. The Labute approximate surface area is 160 Å².